The lowest BCUT2D eigenvalue weighted by molar-refractivity contribution is 0.415. The van der Waals surface area contributed by atoms with Crippen LogP contribution >= 0.6 is 0 Å². The Balaban J connectivity index is 2.20. The first-order valence-electron chi connectivity index (χ1n) is 6.25. The number of benzene rings is 2. The van der Waals surface area contributed by atoms with Crippen molar-refractivity contribution in [1.82, 2.24) is 0 Å². The summed E-state index contributed by atoms with van der Waals surface area (Å²) in [6.45, 7) is 6.25. The summed E-state index contributed by atoms with van der Waals surface area (Å²) >= 11 is 0. The van der Waals surface area contributed by atoms with Gasteiger partial charge in [0.2, 0.25) is 0 Å². The number of ether oxygens (including phenoxy) is 1. The molecule has 0 bridgehead atoms. The number of rotatable bonds is 4. The number of hydrogen-bond donors (Lipinski definition) is 0. The molecule has 19 heavy (non-hydrogen) atoms. The van der Waals surface area contributed by atoms with Crippen LogP contribution in [0, 0.1) is 6.92 Å². The molecular weight excluding hydrogens is 234 g/mol. The molecule has 0 saturated carbocycles. The van der Waals surface area contributed by atoms with Crippen LogP contribution in [-0.2, 0) is 0 Å². The standard InChI is InChI=1S/C17H19NO/c1-13-5-7-15(8-6-13)14(2)18(3)16-9-11-17(19-4)12-10-16/h5-12H,2H2,1,3-4H3. The first-order valence-corrected chi connectivity index (χ1v) is 6.25. The molecule has 0 aromatic heterocycles. The van der Waals surface area contributed by atoms with Gasteiger partial charge >= 0.3 is 0 Å². The summed E-state index contributed by atoms with van der Waals surface area (Å²) in [4.78, 5) is 2.07. The van der Waals surface area contributed by atoms with E-state index >= 15 is 0 Å². The molecule has 0 unspecified atom stereocenters. The van der Waals surface area contributed by atoms with Crippen LogP contribution < -0.4 is 9.64 Å². The maximum atomic E-state index is 5.17. The Labute approximate surface area is 114 Å². The molecule has 0 N–H and O–H groups in total. The van der Waals surface area contributed by atoms with Gasteiger partial charge in [0.05, 0.1) is 7.11 Å². The Morgan fingerprint density at radius 3 is 2.11 bits per heavy atom. The quantitative estimate of drug-likeness (QED) is 0.813. The lowest BCUT2D eigenvalue weighted by Gasteiger charge is -2.22. The molecule has 2 aromatic carbocycles. The summed E-state index contributed by atoms with van der Waals surface area (Å²) in [6.07, 6.45) is 0. The molecule has 0 amide bonds. The fourth-order valence-corrected chi connectivity index (χ4v) is 1.90. The molecule has 0 aliphatic rings. The minimum absolute atomic E-state index is 0.859. The van der Waals surface area contributed by atoms with Crippen LogP contribution in [0.5, 0.6) is 5.75 Å². The number of aryl methyl sites for hydroxylation is 1. The van der Waals surface area contributed by atoms with Crippen LogP contribution in [0.2, 0.25) is 0 Å². The van der Waals surface area contributed by atoms with E-state index in [0.717, 1.165) is 22.7 Å². The minimum Gasteiger partial charge on any atom is -0.497 e. The predicted octanol–water partition coefficient (Wildman–Crippen LogP) is 4.11. The molecule has 2 heteroatoms. The molecule has 0 atom stereocenters. The van der Waals surface area contributed by atoms with Crippen molar-refractivity contribution in [2.45, 2.75) is 6.92 Å². The van der Waals surface area contributed by atoms with E-state index in [4.69, 9.17) is 4.74 Å². The lowest BCUT2D eigenvalue weighted by Crippen LogP contribution is -2.14. The van der Waals surface area contributed by atoms with Gasteiger partial charge in [-0.05, 0) is 36.8 Å². The molecule has 2 aromatic rings. The molecule has 0 aliphatic heterocycles. The lowest BCUT2D eigenvalue weighted by atomic mass is 10.1. The highest BCUT2D eigenvalue weighted by atomic mass is 16.5. The second-order valence-electron chi connectivity index (χ2n) is 4.57. The van der Waals surface area contributed by atoms with E-state index in [1.807, 2.05) is 31.3 Å². The summed E-state index contributed by atoms with van der Waals surface area (Å²) < 4.78 is 5.17. The molecule has 0 spiro atoms. The summed E-state index contributed by atoms with van der Waals surface area (Å²) in [5.41, 5.74) is 4.45. The normalized spacial score (nSPS) is 10.1. The van der Waals surface area contributed by atoms with Crippen molar-refractivity contribution in [2.24, 2.45) is 0 Å². The van der Waals surface area contributed by atoms with Crippen molar-refractivity contribution in [3.8, 4) is 5.75 Å². The Morgan fingerprint density at radius 2 is 1.58 bits per heavy atom. The average molecular weight is 253 g/mol. The zero-order valence-corrected chi connectivity index (χ0v) is 11.7. The third-order valence-electron chi connectivity index (χ3n) is 3.25. The Bertz CT molecular complexity index is 555. The largest absolute Gasteiger partial charge is 0.497 e. The Kier molecular flexibility index (Phi) is 3.91. The third kappa shape index (κ3) is 2.97. The van der Waals surface area contributed by atoms with Crippen molar-refractivity contribution in [3.05, 3.63) is 66.2 Å². The van der Waals surface area contributed by atoms with E-state index in [-0.39, 0.29) is 0 Å². The summed E-state index contributed by atoms with van der Waals surface area (Å²) in [7, 11) is 3.69. The number of anilines is 1. The molecule has 0 heterocycles. The van der Waals surface area contributed by atoms with Crippen LogP contribution in [0.1, 0.15) is 11.1 Å². The molecule has 98 valence electrons. The maximum absolute atomic E-state index is 5.17. The SMILES string of the molecule is C=C(c1ccc(C)cc1)N(C)c1ccc(OC)cc1. The van der Waals surface area contributed by atoms with Crippen molar-refractivity contribution in [1.29, 1.82) is 0 Å². The molecule has 0 radical (unpaired) electrons. The minimum atomic E-state index is 0.859. The van der Waals surface area contributed by atoms with E-state index < -0.39 is 0 Å². The fraction of sp³-hybridized carbons (Fsp3) is 0.176. The van der Waals surface area contributed by atoms with Crippen molar-refractivity contribution >= 4 is 11.4 Å². The van der Waals surface area contributed by atoms with Crippen LogP contribution in [0.4, 0.5) is 5.69 Å². The summed E-state index contributed by atoms with van der Waals surface area (Å²) in [5, 5.41) is 0. The second kappa shape index (κ2) is 5.61. The molecule has 2 nitrogen and oxygen atoms in total. The van der Waals surface area contributed by atoms with Crippen molar-refractivity contribution < 1.29 is 4.74 Å². The second-order valence-corrected chi connectivity index (χ2v) is 4.57. The number of hydrogen-bond acceptors (Lipinski definition) is 2. The monoisotopic (exact) mass is 253 g/mol. The summed E-state index contributed by atoms with van der Waals surface area (Å²) in [5.74, 6) is 0.859. The average Bonchev–Trinajstić information content (AvgIpc) is 2.46. The highest BCUT2D eigenvalue weighted by Crippen LogP contribution is 2.25. The van der Waals surface area contributed by atoms with E-state index in [2.05, 4.69) is 42.7 Å². The first kappa shape index (κ1) is 13.2. The fourth-order valence-electron chi connectivity index (χ4n) is 1.90. The Morgan fingerprint density at radius 1 is 1.00 bits per heavy atom. The predicted molar refractivity (Wildman–Crippen MR) is 81.6 cm³/mol. The van der Waals surface area contributed by atoms with Crippen LogP contribution in [0.25, 0.3) is 5.70 Å². The zero-order chi connectivity index (χ0) is 13.8. The topological polar surface area (TPSA) is 12.5 Å². The molecule has 0 aliphatic carbocycles. The van der Waals surface area contributed by atoms with E-state index in [9.17, 15) is 0 Å². The van der Waals surface area contributed by atoms with Gasteiger partial charge in [0.1, 0.15) is 5.75 Å². The van der Waals surface area contributed by atoms with Crippen LogP contribution in [0.15, 0.2) is 55.1 Å². The van der Waals surface area contributed by atoms with Gasteiger partial charge < -0.3 is 9.64 Å². The Hall–Kier alpha value is -2.22. The molecule has 0 fully saturated rings. The maximum Gasteiger partial charge on any atom is 0.119 e. The third-order valence-corrected chi connectivity index (χ3v) is 3.25. The van der Waals surface area contributed by atoms with E-state index in [1.54, 1.807) is 7.11 Å². The van der Waals surface area contributed by atoms with Crippen LogP contribution in [-0.4, -0.2) is 14.2 Å². The van der Waals surface area contributed by atoms with Gasteiger partial charge in [-0.1, -0.05) is 36.4 Å². The van der Waals surface area contributed by atoms with E-state index in [0.29, 0.717) is 0 Å². The first-order chi connectivity index (χ1) is 9.11. The number of methoxy groups -OCH3 is 1. The van der Waals surface area contributed by atoms with E-state index in [1.165, 1.54) is 5.56 Å². The highest BCUT2D eigenvalue weighted by Gasteiger charge is 2.07. The molecule has 0 saturated heterocycles. The smallest absolute Gasteiger partial charge is 0.119 e. The summed E-state index contributed by atoms with van der Waals surface area (Å²) in [6, 6.07) is 16.3. The van der Waals surface area contributed by atoms with Gasteiger partial charge in [0.15, 0.2) is 0 Å². The van der Waals surface area contributed by atoms with Crippen LogP contribution in [0.3, 0.4) is 0 Å². The van der Waals surface area contributed by atoms with Gasteiger partial charge in [-0.25, -0.2) is 0 Å². The molecule has 2 rings (SSSR count). The van der Waals surface area contributed by atoms with Crippen molar-refractivity contribution in [3.63, 3.8) is 0 Å². The number of nitrogens with zero attached hydrogens (tertiary/aromatic N) is 1. The van der Waals surface area contributed by atoms with Gasteiger partial charge in [-0.15, -0.1) is 0 Å². The molecular formula is C17H19NO. The van der Waals surface area contributed by atoms with Gasteiger partial charge in [-0.3, -0.25) is 0 Å². The van der Waals surface area contributed by atoms with Gasteiger partial charge in [-0.2, -0.15) is 0 Å². The zero-order valence-electron chi connectivity index (χ0n) is 11.7. The van der Waals surface area contributed by atoms with Gasteiger partial charge in [0, 0.05) is 18.4 Å². The van der Waals surface area contributed by atoms with Crippen molar-refractivity contribution in [2.75, 3.05) is 19.1 Å². The van der Waals surface area contributed by atoms with Gasteiger partial charge in [0.25, 0.3) is 0 Å². The highest BCUT2D eigenvalue weighted by molar-refractivity contribution is 5.77.